The molecule has 1 aromatic heterocycles. The van der Waals surface area contributed by atoms with Crippen molar-refractivity contribution in [2.75, 3.05) is 37.7 Å². The largest absolute Gasteiger partial charge is 0.478 e. The van der Waals surface area contributed by atoms with Gasteiger partial charge in [0.15, 0.2) is 5.76 Å². The van der Waals surface area contributed by atoms with Crippen LogP contribution in [0.4, 0.5) is 0 Å². The van der Waals surface area contributed by atoms with Crippen LogP contribution in [0, 0.1) is 0 Å². The summed E-state index contributed by atoms with van der Waals surface area (Å²) in [6, 6.07) is 1.23. The lowest BCUT2D eigenvalue weighted by Gasteiger charge is -2.25. The summed E-state index contributed by atoms with van der Waals surface area (Å²) in [4.78, 5) is 24.7. The van der Waals surface area contributed by atoms with Crippen LogP contribution in [0.2, 0.25) is 0 Å². The lowest BCUT2D eigenvalue weighted by Crippen LogP contribution is -2.39. The maximum absolute atomic E-state index is 11.7. The number of rotatable bonds is 5. The molecule has 2 rings (SSSR count). The molecular weight excluding hydrogens is 268 g/mol. The van der Waals surface area contributed by atoms with E-state index in [1.54, 1.807) is 0 Å². The average molecular weight is 284 g/mol. The minimum Gasteiger partial charge on any atom is -0.478 e. The molecule has 1 aliphatic rings. The van der Waals surface area contributed by atoms with Crippen molar-refractivity contribution in [3.63, 3.8) is 0 Å². The molecule has 0 spiro atoms. The monoisotopic (exact) mass is 284 g/mol. The highest BCUT2D eigenvalue weighted by Gasteiger charge is 2.15. The number of nitrogens with one attached hydrogen (secondary N) is 1. The molecule has 1 amide bonds. The van der Waals surface area contributed by atoms with Gasteiger partial charge < -0.3 is 14.8 Å². The van der Waals surface area contributed by atoms with Crippen molar-refractivity contribution in [2.45, 2.75) is 0 Å². The van der Waals surface area contributed by atoms with Crippen LogP contribution in [0.15, 0.2) is 16.7 Å². The van der Waals surface area contributed by atoms with Crippen LogP contribution in [0.1, 0.15) is 20.9 Å². The van der Waals surface area contributed by atoms with E-state index in [0.29, 0.717) is 6.54 Å². The number of nitrogens with zero attached hydrogens (tertiary/aromatic N) is 1. The number of carbonyl (C=O) groups is 2. The Labute approximate surface area is 115 Å². The van der Waals surface area contributed by atoms with Crippen LogP contribution in [0.5, 0.6) is 0 Å². The molecule has 0 aromatic carbocycles. The third-order valence-electron chi connectivity index (χ3n) is 2.89. The number of aromatic carboxylic acids is 1. The van der Waals surface area contributed by atoms with Crippen LogP contribution < -0.4 is 5.32 Å². The molecule has 0 saturated carbocycles. The van der Waals surface area contributed by atoms with E-state index in [1.807, 2.05) is 11.8 Å². The Morgan fingerprint density at radius 3 is 2.79 bits per heavy atom. The minimum atomic E-state index is -1.10. The summed E-state index contributed by atoms with van der Waals surface area (Å²) in [5, 5.41) is 11.5. The predicted molar refractivity (Wildman–Crippen MR) is 71.8 cm³/mol. The summed E-state index contributed by atoms with van der Waals surface area (Å²) < 4.78 is 4.92. The quantitative estimate of drug-likeness (QED) is 0.830. The highest BCUT2D eigenvalue weighted by molar-refractivity contribution is 7.99. The zero-order chi connectivity index (χ0) is 13.7. The van der Waals surface area contributed by atoms with Gasteiger partial charge in [0.1, 0.15) is 6.26 Å². The predicted octanol–water partition coefficient (Wildman–Crippen LogP) is 0.756. The summed E-state index contributed by atoms with van der Waals surface area (Å²) in [5.74, 6) is 0.821. The minimum absolute atomic E-state index is 0.0156. The van der Waals surface area contributed by atoms with E-state index in [2.05, 4.69) is 10.2 Å². The van der Waals surface area contributed by atoms with Crippen molar-refractivity contribution in [3.05, 3.63) is 23.7 Å². The van der Waals surface area contributed by atoms with Gasteiger partial charge in [-0.25, -0.2) is 4.79 Å². The molecule has 1 aromatic rings. The summed E-state index contributed by atoms with van der Waals surface area (Å²) in [7, 11) is 0. The molecule has 1 aliphatic heterocycles. The van der Waals surface area contributed by atoms with Crippen molar-refractivity contribution in [2.24, 2.45) is 0 Å². The van der Waals surface area contributed by atoms with Crippen molar-refractivity contribution in [1.29, 1.82) is 0 Å². The van der Waals surface area contributed by atoms with Crippen LogP contribution >= 0.6 is 11.8 Å². The molecule has 2 N–H and O–H groups in total. The lowest BCUT2D eigenvalue weighted by molar-refractivity contribution is 0.0696. The van der Waals surface area contributed by atoms with Crippen molar-refractivity contribution in [1.82, 2.24) is 10.2 Å². The van der Waals surface area contributed by atoms with E-state index in [-0.39, 0.29) is 17.2 Å². The topological polar surface area (TPSA) is 82.8 Å². The molecule has 6 nitrogen and oxygen atoms in total. The highest BCUT2D eigenvalue weighted by Crippen LogP contribution is 2.09. The maximum atomic E-state index is 11.7. The third kappa shape index (κ3) is 4.00. The fraction of sp³-hybridized carbons (Fsp3) is 0.500. The molecule has 0 aliphatic carbocycles. The Bertz CT molecular complexity index is 454. The van der Waals surface area contributed by atoms with Crippen molar-refractivity contribution < 1.29 is 19.1 Å². The number of carboxylic acids is 1. The van der Waals surface area contributed by atoms with Gasteiger partial charge in [0.2, 0.25) is 0 Å². The second kappa shape index (κ2) is 6.63. The standard InChI is InChI=1S/C12H16N2O4S/c15-11(10-7-9(8-18-10)12(16)17)13-1-2-14-3-5-19-6-4-14/h7-8H,1-6H2,(H,13,15)(H,16,17). The van der Waals surface area contributed by atoms with Crippen LogP contribution in [0.25, 0.3) is 0 Å². The summed E-state index contributed by atoms with van der Waals surface area (Å²) in [5.41, 5.74) is -0.0156. The Balaban J connectivity index is 1.75. The van der Waals surface area contributed by atoms with Crippen molar-refractivity contribution >= 4 is 23.6 Å². The highest BCUT2D eigenvalue weighted by atomic mass is 32.2. The number of carbonyl (C=O) groups excluding carboxylic acids is 1. The first-order valence-electron chi connectivity index (χ1n) is 6.07. The van der Waals surface area contributed by atoms with E-state index < -0.39 is 5.97 Å². The summed E-state index contributed by atoms with van der Waals surface area (Å²) in [6.45, 7) is 3.43. The Morgan fingerprint density at radius 1 is 1.42 bits per heavy atom. The number of amides is 1. The first-order valence-corrected chi connectivity index (χ1v) is 7.22. The normalized spacial score (nSPS) is 16.2. The van der Waals surface area contributed by atoms with Gasteiger partial charge in [-0.15, -0.1) is 0 Å². The number of carboxylic acid groups (broad SMARTS) is 1. The lowest BCUT2D eigenvalue weighted by atomic mass is 10.3. The zero-order valence-electron chi connectivity index (χ0n) is 10.4. The molecule has 0 atom stereocenters. The van der Waals surface area contributed by atoms with Gasteiger partial charge in [-0.3, -0.25) is 9.69 Å². The molecule has 1 saturated heterocycles. The Hall–Kier alpha value is -1.47. The molecule has 0 unspecified atom stereocenters. The fourth-order valence-corrected chi connectivity index (χ4v) is 2.79. The van der Waals surface area contributed by atoms with Gasteiger partial charge in [0.05, 0.1) is 5.56 Å². The van der Waals surface area contributed by atoms with E-state index in [4.69, 9.17) is 9.52 Å². The van der Waals surface area contributed by atoms with Gasteiger partial charge in [-0.05, 0) is 0 Å². The molecule has 19 heavy (non-hydrogen) atoms. The van der Waals surface area contributed by atoms with E-state index in [1.165, 1.54) is 6.07 Å². The first-order chi connectivity index (χ1) is 9.16. The van der Waals surface area contributed by atoms with Gasteiger partial charge in [-0.2, -0.15) is 11.8 Å². The SMILES string of the molecule is O=C(O)c1coc(C(=O)NCCN2CCSCC2)c1. The van der Waals surface area contributed by atoms with E-state index in [0.717, 1.165) is 37.4 Å². The maximum Gasteiger partial charge on any atom is 0.338 e. The summed E-state index contributed by atoms with van der Waals surface area (Å²) in [6.07, 6.45) is 1.07. The number of thioether (sulfide) groups is 1. The molecule has 0 bridgehead atoms. The smallest absolute Gasteiger partial charge is 0.338 e. The Morgan fingerprint density at radius 2 is 2.16 bits per heavy atom. The van der Waals surface area contributed by atoms with Gasteiger partial charge >= 0.3 is 5.97 Å². The second-order valence-electron chi connectivity index (χ2n) is 4.21. The molecular formula is C12H16N2O4S. The van der Waals surface area contributed by atoms with Crippen LogP contribution in [-0.4, -0.2) is 59.6 Å². The van der Waals surface area contributed by atoms with Gasteiger partial charge in [0, 0.05) is 43.8 Å². The Kier molecular flexibility index (Phi) is 4.86. The summed E-state index contributed by atoms with van der Waals surface area (Å²) >= 11 is 1.94. The third-order valence-corrected chi connectivity index (χ3v) is 3.83. The fourth-order valence-electron chi connectivity index (χ4n) is 1.81. The van der Waals surface area contributed by atoms with Crippen molar-refractivity contribution in [3.8, 4) is 0 Å². The molecule has 7 heteroatoms. The number of hydrogen-bond acceptors (Lipinski definition) is 5. The van der Waals surface area contributed by atoms with Crippen LogP contribution in [0.3, 0.4) is 0 Å². The molecule has 2 heterocycles. The zero-order valence-corrected chi connectivity index (χ0v) is 11.2. The average Bonchev–Trinajstić information content (AvgIpc) is 2.89. The molecule has 1 fully saturated rings. The van der Waals surface area contributed by atoms with E-state index in [9.17, 15) is 9.59 Å². The number of hydrogen-bond donors (Lipinski definition) is 2. The van der Waals surface area contributed by atoms with Gasteiger partial charge in [0.25, 0.3) is 5.91 Å². The molecule has 104 valence electrons. The number of furan rings is 1. The first kappa shape index (κ1) is 14.0. The van der Waals surface area contributed by atoms with Gasteiger partial charge in [-0.1, -0.05) is 0 Å². The second-order valence-corrected chi connectivity index (χ2v) is 5.44. The molecule has 0 radical (unpaired) electrons. The van der Waals surface area contributed by atoms with Crippen LogP contribution in [-0.2, 0) is 0 Å². The van der Waals surface area contributed by atoms with E-state index >= 15 is 0 Å².